The van der Waals surface area contributed by atoms with Crippen LogP contribution in [0.2, 0.25) is 0 Å². The predicted octanol–water partition coefficient (Wildman–Crippen LogP) is 3.06. The van der Waals surface area contributed by atoms with Crippen LogP contribution in [-0.4, -0.2) is 65.4 Å². The number of carbonyl (C=O) groups is 2. The minimum atomic E-state index is -0.397. The average Bonchev–Trinajstić information content (AvgIpc) is 2.70. The molecule has 0 spiro atoms. The summed E-state index contributed by atoms with van der Waals surface area (Å²) in [7, 11) is 0. The summed E-state index contributed by atoms with van der Waals surface area (Å²) in [6, 6.07) is 7.47. The smallest absolute Gasteiger partial charge is 0.259 e. The molecule has 0 saturated carbocycles. The molecule has 0 bridgehead atoms. The molecule has 2 heterocycles. The number of benzene rings is 1. The largest absolute Gasteiger partial charge is 0.437 e. The molecule has 1 N–H and O–H groups in total. The fourth-order valence-corrected chi connectivity index (χ4v) is 3.58. The molecule has 0 aliphatic carbocycles. The van der Waals surface area contributed by atoms with Gasteiger partial charge in [0.2, 0.25) is 11.8 Å². The van der Waals surface area contributed by atoms with Gasteiger partial charge < -0.3 is 15.0 Å². The van der Waals surface area contributed by atoms with Crippen LogP contribution in [0.3, 0.4) is 0 Å². The number of pyridine rings is 1. The maximum atomic E-state index is 13.3. The molecular weight excluding hydrogens is 455 g/mol. The first-order valence-electron chi connectivity index (χ1n) is 9.72. The highest BCUT2D eigenvalue weighted by molar-refractivity contribution is 9.10. The zero-order valence-corrected chi connectivity index (χ0v) is 18.5. The van der Waals surface area contributed by atoms with Gasteiger partial charge in [-0.3, -0.25) is 14.5 Å². The zero-order chi connectivity index (χ0) is 21.7. The van der Waals surface area contributed by atoms with Gasteiger partial charge in [-0.15, -0.1) is 0 Å². The number of piperazine rings is 1. The van der Waals surface area contributed by atoms with E-state index in [-0.39, 0.29) is 23.7 Å². The second kappa shape index (κ2) is 9.99. The summed E-state index contributed by atoms with van der Waals surface area (Å²) in [6.45, 7) is 6.39. The van der Waals surface area contributed by atoms with E-state index in [0.29, 0.717) is 48.5 Å². The molecule has 1 saturated heterocycles. The van der Waals surface area contributed by atoms with Gasteiger partial charge in [-0.05, 0) is 60.1 Å². The van der Waals surface area contributed by atoms with E-state index in [1.165, 1.54) is 24.4 Å². The Balaban J connectivity index is 1.65. The fraction of sp³-hybridized carbons (Fsp3) is 0.381. The molecule has 0 radical (unpaired) electrons. The van der Waals surface area contributed by atoms with Crippen molar-refractivity contribution in [3.05, 3.63) is 52.4 Å². The minimum absolute atomic E-state index is 0.0161. The first-order valence-corrected chi connectivity index (χ1v) is 10.5. The molecule has 0 atom stereocenters. The van der Waals surface area contributed by atoms with E-state index >= 15 is 0 Å². The Labute approximate surface area is 183 Å². The van der Waals surface area contributed by atoms with Crippen LogP contribution in [0.25, 0.3) is 0 Å². The standard InChI is InChI=1S/C21H24BrFN4O3/c1-14(2)25-19(28)13-26-8-10-27(11-9-26)21(29)16-4-3-7-24-20(16)30-18-6-5-15(23)12-17(18)22/h3-7,12,14H,8-11,13H2,1-2H3,(H,25,28). The molecule has 1 aliphatic rings. The second-order valence-electron chi connectivity index (χ2n) is 7.32. The quantitative estimate of drug-likeness (QED) is 0.690. The van der Waals surface area contributed by atoms with Crippen molar-refractivity contribution < 1.29 is 18.7 Å². The van der Waals surface area contributed by atoms with Gasteiger partial charge in [-0.2, -0.15) is 0 Å². The molecule has 30 heavy (non-hydrogen) atoms. The zero-order valence-electron chi connectivity index (χ0n) is 16.9. The van der Waals surface area contributed by atoms with Crippen molar-refractivity contribution in [2.75, 3.05) is 32.7 Å². The van der Waals surface area contributed by atoms with Crippen molar-refractivity contribution in [1.82, 2.24) is 20.1 Å². The van der Waals surface area contributed by atoms with Gasteiger partial charge in [0.05, 0.1) is 11.0 Å². The number of aromatic nitrogens is 1. The average molecular weight is 479 g/mol. The van der Waals surface area contributed by atoms with E-state index in [4.69, 9.17) is 4.74 Å². The van der Waals surface area contributed by atoms with Gasteiger partial charge in [0.25, 0.3) is 5.91 Å². The Morgan fingerprint density at radius 3 is 2.63 bits per heavy atom. The number of amides is 2. The first kappa shape index (κ1) is 22.2. The van der Waals surface area contributed by atoms with E-state index in [2.05, 4.69) is 26.2 Å². The lowest BCUT2D eigenvalue weighted by molar-refractivity contribution is -0.123. The molecule has 3 rings (SSSR count). The highest BCUT2D eigenvalue weighted by Gasteiger charge is 2.26. The summed E-state index contributed by atoms with van der Waals surface area (Å²) in [4.78, 5) is 32.9. The molecule has 1 aliphatic heterocycles. The van der Waals surface area contributed by atoms with Crippen molar-refractivity contribution in [3.63, 3.8) is 0 Å². The lowest BCUT2D eigenvalue weighted by Gasteiger charge is -2.34. The number of ether oxygens (including phenoxy) is 1. The first-order chi connectivity index (χ1) is 14.3. The molecule has 1 fully saturated rings. The molecule has 7 nitrogen and oxygen atoms in total. The lowest BCUT2D eigenvalue weighted by atomic mass is 10.2. The highest BCUT2D eigenvalue weighted by Crippen LogP contribution is 2.31. The number of halogens is 2. The molecule has 1 aromatic heterocycles. The third-order valence-corrected chi connectivity index (χ3v) is 5.20. The van der Waals surface area contributed by atoms with Gasteiger partial charge in [0.1, 0.15) is 17.1 Å². The third kappa shape index (κ3) is 5.76. The van der Waals surface area contributed by atoms with Crippen LogP contribution in [0, 0.1) is 5.82 Å². The van der Waals surface area contributed by atoms with Crippen molar-refractivity contribution in [3.8, 4) is 11.6 Å². The van der Waals surface area contributed by atoms with E-state index < -0.39 is 5.82 Å². The predicted molar refractivity (Wildman–Crippen MR) is 114 cm³/mol. The molecule has 9 heteroatoms. The summed E-state index contributed by atoms with van der Waals surface area (Å²) in [6.07, 6.45) is 1.54. The number of carbonyl (C=O) groups excluding carboxylic acids is 2. The Bertz CT molecular complexity index is 917. The van der Waals surface area contributed by atoms with Crippen LogP contribution in [-0.2, 0) is 4.79 Å². The molecule has 160 valence electrons. The maximum absolute atomic E-state index is 13.3. The van der Waals surface area contributed by atoms with Gasteiger partial charge >= 0.3 is 0 Å². The molecule has 2 amide bonds. The van der Waals surface area contributed by atoms with Crippen molar-refractivity contribution in [1.29, 1.82) is 0 Å². The summed E-state index contributed by atoms with van der Waals surface area (Å²) in [5.74, 6) is -0.0783. The second-order valence-corrected chi connectivity index (χ2v) is 8.18. The van der Waals surface area contributed by atoms with Crippen LogP contribution in [0.5, 0.6) is 11.6 Å². The summed E-state index contributed by atoms with van der Waals surface area (Å²) < 4.78 is 19.5. The molecule has 2 aromatic rings. The van der Waals surface area contributed by atoms with Gasteiger partial charge in [0.15, 0.2) is 0 Å². The normalized spacial score (nSPS) is 14.6. The fourth-order valence-electron chi connectivity index (χ4n) is 3.15. The number of nitrogens with one attached hydrogen (secondary N) is 1. The summed E-state index contributed by atoms with van der Waals surface area (Å²) in [5, 5.41) is 2.88. The van der Waals surface area contributed by atoms with Gasteiger partial charge in [-0.25, -0.2) is 9.37 Å². The van der Waals surface area contributed by atoms with Crippen LogP contribution in [0.4, 0.5) is 4.39 Å². The molecule has 1 aromatic carbocycles. The molecule has 0 unspecified atom stereocenters. The van der Waals surface area contributed by atoms with Gasteiger partial charge in [0, 0.05) is 38.4 Å². The number of nitrogens with zero attached hydrogens (tertiary/aromatic N) is 3. The van der Waals surface area contributed by atoms with E-state index in [9.17, 15) is 14.0 Å². The number of hydrogen-bond donors (Lipinski definition) is 1. The number of rotatable bonds is 6. The summed E-state index contributed by atoms with van der Waals surface area (Å²) >= 11 is 3.26. The van der Waals surface area contributed by atoms with E-state index in [1.807, 2.05) is 18.7 Å². The van der Waals surface area contributed by atoms with Crippen LogP contribution in [0.15, 0.2) is 41.0 Å². The van der Waals surface area contributed by atoms with E-state index in [0.717, 1.165) is 0 Å². The van der Waals surface area contributed by atoms with Gasteiger partial charge in [-0.1, -0.05) is 0 Å². The Kier molecular flexibility index (Phi) is 7.38. The summed E-state index contributed by atoms with van der Waals surface area (Å²) in [5.41, 5.74) is 0.333. The van der Waals surface area contributed by atoms with Crippen LogP contribution >= 0.6 is 15.9 Å². The maximum Gasteiger partial charge on any atom is 0.259 e. The topological polar surface area (TPSA) is 74.8 Å². The van der Waals surface area contributed by atoms with E-state index in [1.54, 1.807) is 17.0 Å². The highest BCUT2D eigenvalue weighted by atomic mass is 79.9. The Morgan fingerprint density at radius 1 is 1.23 bits per heavy atom. The van der Waals surface area contributed by atoms with Crippen LogP contribution in [0.1, 0.15) is 24.2 Å². The molecular formula is C21H24BrFN4O3. The SMILES string of the molecule is CC(C)NC(=O)CN1CCN(C(=O)c2cccnc2Oc2ccc(F)cc2Br)CC1. The Morgan fingerprint density at radius 2 is 1.97 bits per heavy atom. The third-order valence-electron chi connectivity index (χ3n) is 4.58. The number of hydrogen-bond acceptors (Lipinski definition) is 5. The van der Waals surface area contributed by atoms with Crippen LogP contribution < -0.4 is 10.1 Å². The Hall–Kier alpha value is -2.52. The lowest BCUT2D eigenvalue weighted by Crippen LogP contribution is -2.51. The monoisotopic (exact) mass is 478 g/mol. The van der Waals surface area contributed by atoms with Crippen molar-refractivity contribution >= 4 is 27.7 Å². The van der Waals surface area contributed by atoms with Crippen molar-refractivity contribution in [2.45, 2.75) is 19.9 Å². The minimum Gasteiger partial charge on any atom is -0.437 e. The van der Waals surface area contributed by atoms with Crippen molar-refractivity contribution in [2.24, 2.45) is 0 Å².